The molecular weight excluding hydrogens is 242 g/mol. The molecule has 0 bridgehead atoms. The molecule has 0 radical (unpaired) electrons. The van der Waals surface area contributed by atoms with Gasteiger partial charge in [0, 0.05) is 13.1 Å². The van der Waals surface area contributed by atoms with Crippen molar-refractivity contribution in [3.8, 4) is 0 Å². The zero-order valence-electron chi connectivity index (χ0n) is 11.1. The predicted octanol–water partition coefficient (Wildman–Crippen LogP) is 2.73. The van der Waals surface area contributed by atoms with Crippen LogP contribution in [0.3, 0.4) is 0 Å². The van der Waals surface area contributed by atoms with Crippen molar-refractivity contribution in [3.05, 3.63) is 29.3 Å². The van der Waals surface area contributed by atoms with Gasteiger partial charge in [-0.15, -0.1) is 11.3 Å². The van der Waals surface area contributed by atoms with Gasteiger partial charge in [0.1, 0.15) is 5.01 Å². The van der Waals surface area contributed by atoms with Gasteiger partial charge in [0.25, 0.3) is 0 Å². The van der Waals surface area contributed by atoms with Crippen LogP contribution in [-0.4, -0.2) is 36.6 Å². The highest BCUT2D eigenvalue weighted by atomic mass is 32.1. The molecule has 18 heavy (non-hydrogen) atoms. The van der Waals surface area contributed by atoms with Crippen molar-refractivity contribution in [1.82, 2.24) is 15.2 Å². The van der Waals surface area contributed by atoms with E-state index in [4.69, 9.17) is 0 Å². The quantitative estimate of drug-likeness (QED) is 0.779. The fourth-order valence-electron chi connectivity index (χ4n) is 1.87. The smallest absolute Gasteiger partial charge is 0.108 e. The molecule has 0 aliphatic heterocycles. The van der Waals surface area contributed by atoms with Crippen LogP contribution >= 0.6 is 11.3 Å². The predicted molar refractivity (Wildman–Crippen MR) is 79.1 cm³/mol. The number of benzene rings is 1. The van der Waals surface area contributed by atoms with Crippen LogP contribution in [-0.2, 0) is 6.54 Å². The van der Waals surface area contributed by atoms with E-state index >= 15 is 0 Å². The van der Waals surface area contributed by atoms with E-state index in [1.165, 1.54) is 16.1 Å². The van der Waals surface area contributed by atoms with Gasteiger partial charge < -0.3 is 5.32 Å². The maximum atomic E-state index is 4.65. The Morgan fingerprint density at radius 1 is 1.28 bits per heavy atom. The van der Waals surface area contributed by atoms with Gasteiger partial charge in [-0.05, 0) is 32.1 Å². The summed E-state index contributed by atoms with van der Waals surface area (Å²) >= 11 is 1.80. The number of hydrogen-bond acceptors (Lipinski definition) is 4. The second kappa shape index (κ2) is 6.83. The molecule has 0 amide bonds. The van der Waals surface area contributed by atoms with Gasteiger partial charge in [0.05, 0.1) is 16.8 Å². The number of thiazole rings is 1. The standard InChI is InChI=1S/C14H21N3S/c1-3-8-15-9-10-17(2)11-14-16-12-6-4-5-7-13(12)18-14/h4-7,15H,3,8-11H2,1-2H3. The number of para-hydroxylation sites is 1. The van der Waals surface area contributed by atoms with Gasteiger partial charge in [-0.3, -0.25) is 4.90 Å². The fourth-order valence-corrected chi connectivity index (χ4v) is 2.92. The molecule has 0 spiro atoms. The molecular formula is C14H21N3S. The van der Waals surface area contributed by atoms with Crippen molar-refractivity contribution in [2.45, 2.75) is 19.9 Å². The Labute approximate surface area is 113 Å². The van der Waals surface area contributed by atoms with Crippen LogP contribution in [0.25, 0.3) is 10.2 Å². The molecule has 2 aromatic rings. The molecule has 3 nitrogen and oxygen atoms in total. The lowest BCUT2D eigenvalue weighted by Crippen LogP contribution is -2.29. The molecule has 98 valence electrons. The fraction of sp³-hybridized carbons (Fsp3) is 0.500. The summed E-state index contributed by atoms with van der Waals surface area (Å²) in [6, 6.07) is 8.34. The van der Waals surface area contributed by atoms with E-state index in [9.17, 15) is 0 Å². The second-order valence-electron chi connectivity index (χ2n) is 4.56. The normalized spacial score (nSPS) is 11.5. The summed E-state index contributed by atoms with van der Waals surface area (Å²) in [6.07, 6.45) is 1.20. The van der Waals surface area contributed by atoms with Crippen LogP contribution in [0.4, 0.5) is 0 Å². The molecule has 0 unspecified atom stereocenters. The average Bonchev–Trinajstić information content (AvgIpc) is 2.76. The highest BCUT2D eigenvalue weighted by Gasteiger charge is 2.05. The third kappa shape index (κ3) is 3.77. The maximum absolute atomic E-state index is 4.65. The first-order valence-corrected chi connectivity index (χ1v) is 7.35. The van der Waals surface area contributed by atoms with E-state index < -0.39 is 0 Å². The van der Waals surface area contributed by atoms with Crippen LogP contribution in [0.1, 0.15) is 18.4 Å². The molecule has 1 N–H and O–H groups in total. The zero-order chi connectivity index (χ0) is 12.8. The lowest BCUT2D eigenvalue weighted by Gasteiger charge is -2.14. The van der Waals surface area contributed by atoms with E-state index in [1.54, 1.807) is 11.3 Å². The third-order valence-electron chi connectivity index (χ3n) is 2.84. The molecule has 1 heterocycles. The van der Waals surface area contributed by atoms with Crippen molar-refractivity contribution in [2.75, 3.05) is 26.7 Å². The Morgan fingerprint density at radius 2 is 2.11 bits per heavy atom. The van der Waals surface area contributed by atoms with Gasteiger partial charge in [0.15, 0.2) is 0 Å². The van der Waals surface area contributed by atoms with E-state index in [0.29, 0.717) is 0 Å². The molecule has 0 saturated heterocycles. The summed E-state index contributed by atoms with van der Waals surface area (Å²) in [4.78, 5) is 6.97. The summed E-state index contributed by atoms with van der Waals surface area (Å²) in [7, 11) is 2.15. The molecule has 0 atom stereocenters. The van der Waals surface area contributed by atoms with Gasteiger partial charge in [-0.25, -0.2) is 4.98 Å². The van der Waals surface area contributed by atoms with Gasteiger partial charge in [-0.1, -0.05) is 19.1 Å². The molecule has 0 aliphatic rings. The van der Waals surface area contributed by atoms with Crippen LogP contribution in [0, 0.1) is 0 Å². The number of nitrogens with zero attached hydrogens (tertiary/aromatic N) is 2. The largest absolute Gasteiger partial charge is 0.315 e. The molecule has 1 aromatic heterocycles. The minimum atomic E-state index is 0.938. The molecule has 0 fully saturated rings. The highest BCUT2D eigenvalue weighted by Crippen LogP contribution is 2.22. The average molecular weight is 263 g/mol. The Hall–Kier alpha value is -0.970. The lowest BCUT2D eigenvalue weighted by molar-refractivity contribution is 0.324. The lowest BCUT2D eigenvalue weighted by atomic mass is 10.3. The number of nitrogens with one attached hydrogen (secondary N) is 1. The number of aromatic nitrogens is 1. The number of fused-ring (bicyclic) bond motifs is 1. The summed E-state index contributed by atoms with van der Waals surface area (Å²) in [6.45, 7) is 6.35. The summed E-state index contributed by atoms with van der Waals surface area (Å²) in [5.74, 6) is 0. The van der Waals surface area contributed by atoms with Crippen molar-refractivity contribution in [3.63, 3.8) is 0 Å². The SMILES string of the molecule is CCCNCCN(C)Cc1nc2ccccc2s1. The second-order valence-corrected chi connectivity index (χ2v) is 5.68. The Balaban J connectivity index is 1.84. The van der Waals surface area contributed by atoms with Crippen molar-refractivity contribution >= 4 is 21.6 Å². The Bertz CT molecular complexity index is 448. The third-order valence-corrected chi connectivity index (χ3v) is 3.86. The zero-order valence-corrected chi connectivity index (χ0v) is 12.0. The van der Waals surface area contributed by atoms with Gasteiger partial charge in [-0.2, -0.15) is 0 Å². The van der Waals surface area contributed by atoms with Crippen molar-refractivity contribution < 1.29 is 0 Å². The van der Waals surface area contributed by atoms with Crippen molar-refractivity contribution in [1.29, 1.82) is 0 Å². The first kappa shape index (κ1) is 13.5. The summed E-state index contributed by atoms with van der Waals surface area (Å²) in [5.41, 5.74) is 1.12. The van der Waals surface area contributed by atoms with E-state index in [1.807, 2.05) is 6.07 Å². The minimum Gasteiger partial charge on any atom is -0.315 e. The van der Waals surface area contributed by atoms with Crippen molar-refractivity contribution in [2.24, 2.45) is 0 Å². The molecule has 4 heteroatoms. The van der Waals surface area contributed by atoms with Crippen LogP contribution in [0.5, 0.6) is 0 Å². The monoisotopic (exact) mass is 263 g/mol. The van der Waals surface area contributed by atoms with Gasteiger partial charge >= 0.3 is 0 Å². The van der Waals surface area contributed by atoms with E-state index in [-0.39, 0.29) is 0 Å². The maximum Gasteiger partial charge on any atom is 0.108 e. The first-order chi connectivity index (χ1) is 8.79. The number of hydrogen-bond donors (Lipinski definition) is 1. The number of likely N-dealkylation sites (N-methyl/N-ethyl adjacent to an activating group) is 1. The number of rotatable bonds is 7. The topological polar surface area (TPSA) is 28.2 Å². The summed E-state index contributed by atoms with van der Waals surface area (Å²) < 4.78 is 1.28. The molecule has 0 saturated carbocycles. The molecule has 1 aromatic carbocycles. The molecule has 0 aliphatic carbocycles. The van der Waals surface area contributed by atoms with Crippen LogP contribution < -0.4 is 5.32 Å². The van der Waals surface area contributed by atoms with Gasteiger partial charge in [0.2, 0.25) is 0 Å². The molecule has 2 rings (SSSR count). The van der Waals surface area contributed by atoms with E-state index in [0.717, 1.165) is 31.7 Å². The Morgan fingerprint density at radius 3 is 2.89 bits per heavy atom. The Kier molecular flexibility index (Phi) is 5.11. The van der Waals surface area contributed by atoms with E-state index in [2.05, 4.69) is 47.4 Å². The van der Waals surface area contributed by atoms with Crippen LogP contribution in [0.15, 0.2) is 24.3 Å². The first-order valence-electron chi connectivity index (χ1n) is 6.53. The highest BCUT2D eigenvalue weighted by molar-refractivity contribution is 7.18. The minimum absolute atomic E-state index is 0.938. The summed E-state index contributed by atoms with van der Waals surface area (Å²) in [5, 5.41) is 4.62. The van der Waals surface area contributed by atoms with Crippen LogP contribution in [0.2, 0.25) is 0 Å².